The van der Waals surface area contributed by atoms with Gasteiger partial charge in [-0.3, -0.25) is 4.79 Å². The lowest BCUT2D eigenvalue weighted by Gasteiger charge is -2.12. The minimum atomic E-state index is 0.0164. The van der Waals surface area contributed by atoms with Crippen LogP contribution in [0.4, 0.5) is 0 Å². The largest absolute Gasteiger partial charge is 0.487 e. The Labute approximate surface area is 177 Å². The third kappa shape index (κ3) is 3.18. The summed E-state index contributed by atoms with van der Waals surface area (Å²) < 4.78 is 7.31. The molecule has 5 rings (SSSR count). The highest BCUT2D eigenvalue weighted by Crippen LogP contribution is 2.41. The molecule has 0 amide bonds. The first-order valence-electron chi connectivity index (χ1n) is 9.46. The van der Waals surface area contributed by atoms with Gasteiger partial charge in [-0.2, -0.15) is 0 Å². The SMILES string of the molecule is O=C1C(c2cccc3ccccc23)=C(OCc2ccc(Br)cc2)c2ccccc21. The fraction of sp³-hybridized carbons (Fsp3) is 0.0385. The molecule has 1 aliphatic carbocycles. The van der Waals surface area contributed by atoms with Gasteiger partial charge in [-0.05, 0) is 34.0 Å². The van der Waals surface area contributed by atoms with Gasteiger partial charge in [0.2, 0.25) is 0 Å². The lowest BCUT2D eigenvalue weighted by molar-refractivity contribution is 0.105. The van der Waals surface area contributed by atoms with E-state index in [-0.39, 0.29) is 5.78 Å². The van der Waals surface area contributed by atoms with E-state index in [1.54, 1.807) is 0 Å². The lowest BCUT2D eigenvalue weighted by Crippen LogP contribution is -2.00. The average molecular weight is 441 g/mol. The molecule has 0 spiro atoms. The summed E-state index contributed by atoms with van der Waals surface area (Å²) in [7, 11) is 0. The van der Waals surface area contributed by atoms with Gasteiger partial charge in [0.15, 0.2) is 5.78 Å². The number of fused-ring (bicyclic) bond motifs is 2. The van der Waals surface area contributed by atoms with Crippen LogP contribution in [0.3, 0.4) is 0 Å². The van der Waals surface area contributed by atoms with Gasteiger partial charge in [0, 0.05) is 15.6 Å². The van der Waals surface area contributed by atoms with E-state index < -0.39 is 0 Å². The number of ketones is 1. The van der Waals surface area contributed by atoms with E-state index >= 15 is 0 Å². The van der Waals surface area contributed by atoms with Gasteiger partial charge in [0.05, 0.1) is 5.57 Å². The predicted molar refractivity (Wildman–Crippen MR) is 120 cm³/mol. The Kier molecular flexibility index (Phi) is 4.53. The number of hydrogen-bond donors (Lipinski definition) is 0. The predicted octanol–water partition coefficient (Wildman–Crippen LogP) is 6.88. The topological polar surface area (TPSA) is 26.3 Å². The molecule has 0 saturated heterocycles. The molecule has 0 heterocycles. The van der Waals surface area contributed by atoms with Crippen molar-refractivity contribution in [1.82, 2.24) is 0 Å². The van der Waals surface area contributed by atoms with Crippen molar-refractivity contribution in [3.8, 4) is 0 Å². The van der Waals surface area contributed by atoms with E-state index in [9.17, 15) is 4.79 Å². The molecule has 0 saturated carbocycles. The summed E-state index contributed by atoms with van der Waals surface area (Å²) in [6.07, 6.45) is 0. The maximum absolute atomic E-state index is 13.4. The van der Waals surface area contributed by atoms with E-state index in [1.165, 1.54) is 0 Å². The second-order valence-corrected chi connectivity index (χ2v) is 7.94. The minimum absolute atomic E-state index is 0.0164. The first kappa shape index (κ1) is 17.9. The fourth-order valence-corrected chi connectivity index (χ4v) is 4.09. The van der Waals surface area contributed by atoms with Crippen LogP contribution in [0, 0.1) is 0 Å². The van der Waals surface area contributed by atoms with E-state index in [1.807, 2.05) is 72.8 Å². The monoisotopic (exact) mass is 440 g/mol. The molecule has 1 aliphatic rings. The van der Waals surface area contributed by atoms with Crippen molar-refractivity contribution in [3.05, 3.63) is 118 Å². The minimum Gasteiger partial charge on any atom is -0.487 e. The van der Waals surface area contributed by atoms with Gasteiger partial charge < -0.3 is 4.74 Å². The first-order valence-corrected chi connectivity index (χ1v) is 10.3. The van der Waals surface area contributed by atoms with Crippen molar-refractivity contribution in [2.75, 3.05) is 0 Å². The molecule has 0 radical (unpaired) electrons. The van der Waals surface area contributed by atoms with Crippen LogP contribution in [0.2, 0.25) is 0 Å². The molecule has 0 aliphatic heterocycles. The number of hydrogen-bond acceptors (Lipinski definition) is 2. The van der Waals surface area contributed by atoms with E-state index in [4.69, 9.17) is 4.74 Å². The van der Waals surface area contributed by atoms with Crippen molar-refractivity contribution in [2.24, 2.45) is 0 Å². The number of carbonyl (C=O) groups excluding carboxylic acids is 1. The zero-order chi connectivity index (χ0) is 19.8. The zero-order valence-electron chi connectivity index (χ0n) is 15.6. The van der Waals surface area contributed by atoms with Crippen LogP contribution in [-0.2, 0) is 11.3 Å². The van der Waals surface area contributed by atoms with Gasteiger partial charge in [-0.1, -0.05) is 94.8 Å². The molecule has 29 heavy (non-hydrogen) atoms. The van der Waals surface area contributed by atoms with E-state index in [0.717, 1.165) is 31.9 Å². The Balaban J connectivity index is 1.65. The molecule has 0 bridgehead atoms. The Morgan fingerprint density at radius 1 is 0.690 bits per heavy atom. The van der Waals surface area contributed by atoms with Crippen molar-refractivity contribution in [2.45, 2.75) is 6.61 Å². The van der Waals surface area contributed by atoms with E-state index in [2.05, 4.69) is 34.1 Å². The van der Waals surface area contributed by atoms with E-state index in [0.29, 0.717) is 23.5 Å². The Morgan fingerprint density at radius 3 is 2.17 bits per heavy atom. The molecule has 0 unspecified atom stereocenters. The van der Waals surface area contributed by atoms with Gasteiger partial charge in [0.25, 0.3) is 0 Å². The molecular weight excluding hydrogens is 424 g/mol. The van der Waals surface area contributed by atoms with Crippen molar-refractivity contribution in [1.29, 1.82) is 0 Å². The van der Waals surface area contributed by atoms with Crippen LogP contribution in [0.1, 0.15) is 27.0 Å². The number of halogens is 1. The molecule has 0 N–H and O–H groups in total. The van der Waals surface area contributed by atoms with Crippen LogP contribution >= 0.6 is 15.9 Å². The third-order valence-electron chi connectivity index (χ3n) is 5.23. The van der Waals surface area contributed by atoms with Crippen LogP contribution in [0.15, 0.2) is 95.5 Å². The molecule has 4 aromatic rings. The summed E-state index contributed by atoms with van der Waals surface area (Å²) >= 11 is 3.46. The highest BCUT2D eigenvalue weighted by atomic mass is 79.9. The van der Waals surface area contributed by atoms with Crippen LogP contribution < -0.4 is 0 Å². The highest BCUT2D eigenvalue weighted by Gasteiger charge is 2.32. The molecule has 140 valence electrons. The smallest absolute Gasteiger partial charge is 0.198 e. The normalized spacial score (nSPS) is 13.1. The second kappa shape index (κ2) is 7.34. The Hall–Kier alpha value is -3.17. The second-order valence-electron chi connectivity index (χ2n) is 7.02. The summed E-state index contributed by atoms with van der Waals surface area (Å²) in [6, 6.07) is 29.9. The summed E-state index contributed by atoms with van der Waals surface area (Å²) in [5.74, 6) is 0.674. The quantitative estimate of drug-likeness (QED) is 0.345. The van der Waals surface area contributed by atoms with Gasteiger partial charge >= 0.3 is 0 Å². The lowest BCUT2D eigenvalue weighted by atomic mass is 9.96. The maximum atomic E-state index is 13.4. The van der Waals surface area contributed by atoms with Crippen molar-refractivity contribution >= 4 is 43.8 Å². The zero-order valence-corrected chi connectivity index (χ0v) is 17.1. The van der Waals surface area contributed by atoms with Gasteiger partial charge in [0.1, 0.15) is 12.4 Å². The number of benzene rings is 4. The number of carbonyl (C=O) groups is 1. The Bertz CT molecular complexity index is 1260. The molecular formula is C26H17BrO2. The highest BCUT2D eigenvalue weighted by molar-refractivity contribution is 9.10. The van der Waals surface area contributed by atoms with Crippen molar-refractivity contribution in [3.63, 3.8) is 0 Å². The Morgan fingerprint density at radius 2 is 1.34 bits per heavy atom. The first-order chi connectivity index (χ1) is 14.2. The molecule has 3 heteroatoms. The molecule has 0 aromatic heterocycles. The molecule has 4 aromatic carbocycles. The standard InChI is InChI=1S/C26H17BrO2/c27-19-14-12-17(13-15-19)16-29-26-23-10-4-3-9-22(23)25(28)24(26)21-11-5-7-18-6-1-2-8-20(18)21/h1-15H,16H2. The molecule has 0 atom stereocenters. The number of ether oxygens (including phenoxy) is 1. The maximum Gasteiger partial charge on any atom is 0.198 e. The summed E-state index contributed by atoms with van der Waals surface area (Å²) in [5, 5.41) is 2.16. The van der Waals surface area contributed by atoms with Crippen LogP contribution in [-0.4, -0.2) is 5.78 Å². The van der Waals surface area contributed by atoms with Gasteiger partial charge in [-0.25, -0.2) is 0 Å². The summed E-state index contributed by atoms with van der Waals surface area (Å²) in [4.78, 5) is 13.4. The summed E-state index contributed by atoms with van der Waals surface area (Å²) in [6.45, 7) is 0.401. The average Bonchev–Trinajstić information content (AvgIpc) is 3.05. The number of Topliss-reactive ketones (excluding diaryl/α,β-unsaturated/α-hetero) is 1. The van der Waals surface area contributed by atoms with Crippen LogP contribution in [0.5, 0.6) is 0 Å². The third-order valence-corrected chi connectivity index (χ3v) is 5.75. The van der Waals surface area contributed by atoms with Gasteiger partial charge in [-0.15, -0.1) is 0 Å². The number of allylic oxidation sites excluding steroid dienone is 1. The summed E-state index contributed by atoms with van der Waals surface area (Å²) in [5.41, 5.74) is 4.16. The molecule has 2 nitrogen and oxygen atoms in total. The van der Waals surface area contributed by atoms with Crippen LogP contribution in [0.25, 0.3) is 22.1 Å². The molecule has 0 fully saturated rings. The fourth-order valence-electron chi connectivity index (χ4n) is 3.83. The van der Waals surface area contributed by atoms with Crippen molar-refractivity contribution < 1.29 is 9.53 Å². The number of rotatable bonds is 4.